The number of carbonyl (C=O) groups is 2. The topological polar surface area (TPSA) is 74.3 Å². The zero-order valence-electron chi connectivity index (χ0n) is 8.81. The van der Waals surface area contributed by atoms with E-state index in [1.54, 1.807) is 0 Å². The minimum atomic E-state index is -1.54. The number of amides is 1. The van der Waals surface area contributed by atoms with Gasteiger partial charge in [0.05, 0.1) is 20.8 Å². The molecule has 1 atom stereocenters. The maximum Gasteiger partial charge on any atom is 0.436 e. The Kier molecular flexibility index (Phi) is 3.48. The monoisotopic (exact) mass is 219 g/mol. The maximum absolute atomic E-state index is 11.5. The summed E-state index contributed by atoms with van der Waals surface area (Å²) in [7, 11) is 3.68. The summed E-state index contributed by atoms with van der Waals surface area (Å²) in [6.07, 6.45) is -0.606. The van der Waals surface area contributed by atoms with Gasteiger partial charge in [0.1, 0.15) is 0 Å². The molecule has 1 rings (SSSR count). The Hall–Kier alpha value is -1.34. The van der Waals surface area contributed by atoms with Crippen molar-refractivity contribution in [3.63, 3.8) is 0 Å². The molecule has 1 fully saturated rings. The number of ether oxygens (including phenoxy) is 3. The van der Waals surface area contributed by atoms with Crippen LogP contribution in [-0.2, 0) is 23.8 Å². The molecule has 1 unspecified atom stereocenters. The highest BCUT2D eigenvalue weighted by Gasteiger charge is 2.54. The molecule has 0 aromatic rings. The van der Waals surface area contributed by atoms with Gasteiger partial charge in [0.25, 0.3) is 5.72 Å². The number of hydrogen-bond donors (Lipinski definition) is 0. The molecule has 7 nitrogen and oxygen atoms in total. The molecule has 0 N–H and O–H groups in total. The van der Waals surface area contributed by atoms with Crippen molar-refractivity contribution < 1.29 is 28.6 Å². The van der Waals surface area contributed by atoms with E-state index in [0.29, 0.717) is 0 Å². The molecular formula is C8H13NO6. The Morgan fingerprint density at radius 1 is 1.27 bits per heavy atom. The van der Waals surface area contributed by atoms with Crippen LogP contribution in [0.25, 0.3) is 0 Å². The average molecular weight is 219 g/mol. The second-order valence-electron chi connectivity index (χ2n) is 2.83. The van der Waals surface area contributed by atoms with Gasteiger partial charge in [-0.2, -0.15) is 0 Å². The van der Waals surface area contributed by atoms with Gasteiger partial charge in [0.15, 0.2) is 0 Å². The van der Waals surface area contributed by atoms with Crippen LogP contribution < -0.4 is 0 Å². The molecule has 0 bridgehead atoms. The van der Waals surface area contributed by atoms with Crippen molar-refractivity contribution in [2.24, 2.45) is 0 Å². The largest absolute Gasteiger partial charge is 0.465 e. The Morgan fingerprint density at radius 3 is 2.40 bits per heavy atom. The maximum atomic E-state index is 11.5. The van der Waals surface area contributed by atoms with Gasteiger partial charge < -0.3 is 14.2 Å². The SMILES string of the molecule is COC(=O)N1OCCC1(OC)C(=O)OC. The molecule has 0 radical (unpaired) electrons. The first kappa shape index (κ1) is 11.7. The zero-order chi connectivity index (χ0) is 11.5. The van der Waals surface area contributed by atoms with Crippen LogP contribution in [0.2, 0.25) is 0 Å². The number of methoxy groups -OCH3 is 3. The first-order valence-electron chi connectivity index (χ1n) is 4.27. The van der Waals surface area contributed by atoms with E-state index in [1.807, 2.05) is 0 Å². The third-order valence-corrected chi connectivity index (χ3v) is 2.17. The molecule has 0 spiro atoms. The van der Waals surface area contributed by atoms with Gasteiger partial charge in [0.2, 0.25) is 0 Å². The van der Waals surface area contributed by atoms with Gasteiger partial charge in [-0.3, -0.25) is 4.84 Å². The molecular weight excluding hydrogens is 206 g/mol. The minimum Gasteiger partial charge on any atom is -0.465 e. The van der Waals surface area contributed by atoms with Crippen LogP contribution in [0.4, 0.5) is 4.79 Å². The van der Waals surface area contributed by atoms with Gasteiger partial charge in [-0.05, 0) is 0 Å². The number of hydrogen-bond acceptors (Lipinski definition) is 6. The van der Waals surface area contributed by atoms with Crippen molar-refractivity contribution in [1.82, 2.24) is 5.06 Å². The van der Waals surface area contributed by atoms with Crippen molar-refractivity contribution in [2.75, 3.05) is 27.9 Å². The standard InChI is InChI=1S/C8H13NO6/c1-12-6(10)8(14-3)4-5-15-9(8)7(11)13-2/h4-5H2,1-3H3. The lowest BCUT2D eigenvalue weighted by Crippen LogP contribution is -2.54. The summed E-state index contributed by atoms with van der Waals surface area (Å²) < 4.78 is 14.0. The smallest absolute Gasteiger partial charge is 0.436 e. The normalized spacial score (nSPS) is 25.1. The predicted molar refractivity (Wildman–Crippen MR) is 46.6 cm³/mol. The van der Waals surface area contributed by atoms with Crippen LogP contribution in [0.5, 0.6) is 0 Å². The molecule has 15 heavy (non-hydrogen) atoms. The van der Waals surface area contributed by atoms with Crippen LogP contribution in [0.1, 0.15) is 6.42 Å². The highest BCUT2D eigenvalue weighted by Crippen LogP contribution is 2.29. The Morgan fingerprint density at radius 2 is 1.93 bits per heavy atom. The van der Waals surface area contributed by atoms with E-state index in [4.69, 9.17) is 9.57 Å². The number of hydroxylamine groups is 2. The Bertz CT molecular complexity index is 268. The molecule has 1 amide bonds. The van der Waals surface area contributed by atoms with E-state index < -0.39 is 17.8 Å². The third kappa shape index (κ3) is 1.75. The first-order valence-corrected chi connectivity index (χ1v) is 4.27. The summed E-state index contributed by atoms with van der Waals surface area (Å²) in [4.78, 5) is 27.8. The molecule has 7 heteroatoms. The van der Waals surface area contributed by atoms with Gasteiger partial charge in [-0.15, -0.1) is 5.06 Å². The number of nitrogens with zero attached hydrogens (tertiary/aromatic N) is 1. The lowest BCUT2D eigenvalue weighted by atomic mass is 10.1. The van der Waals surface area contributed by atoms with E-state index in [2.05, 4.69) is 9.47 Å². The zero-order valence-corrected chi connectivity index (χ0v) is 8.81. The fraction of sp³-hybridized carbons (Fsp3) is 0.750. The van der Waals surface area contributed by atoms with Gasteiger partial charge >= 0.3 is 12.1 Å². The van der Waals surface area contributed by atoms with Gasteiger partial charge in [0, 0.05) is 13.5 Å². The first-order chi connectivity index (χ1) is 7.12. The molecule has 0 aromatic heterocycles. The Labute approximate surface area is 86.8 Å². The van der Waals surface area contributed by atoms with E-state index in [9.17, 15) is 9.59 Å². The summed E-state index contributed by atoms with van der Waals surface area (Å²) in [5, 5.41) is 0.749. The second-order valence-corrected chi connectivity index (χ2v) is 2.83. The summed E-state index contributed by atoms with van der Waals surface area (Å²) >= 11 is 0. The van der Waals surface area contributed by atoms with Crippen LogP contribution in [0.15, 0.2) is 0 Å². The van der Waals surface area contributed by atoms with Crippen LogP contribution in [0, 0.1) is 0 Å². The summed E-state index contributed by atoms with van der Waals surface area (Å²) in [6, 6.07) is 0. The highest BCUT2D eigenvalue weighted by atomic mass is 16.8. The summed E-state index contributed by atoms with van der Waals surface area (Å²) in [5.74, 6) is -0.701. The van der Waals surface area contributed by atoms with Crippen molar-refractivity contribution in [1.29, 1.82) is 0 Å². The fourth-order valence-corrected chi connectivity index (χ4v) is 1.38. The molecule has 0 saturated carbocycles. The number of esters is 1. The number of rotatable bonds is 2. The molecule has 0 aliphatic carbocycles. The van der Waals surface area contributed by atoms with Crippen molar-refractivity contribution >= 4 is 12.1 Å². The number of carbonyl (C=O) groups excluding carboxylic acids is 2. The molecule has 1 aliphatic rings. The van der Waals surface area contributed by atoms with Crippen LogP contribution >= 0.6 is 0 Å². The Balaban J connectivity index is 2.96. The molecule has 86 valence electrons. The lowest BCUT2D eigenvalue weighted by molar-refractivity contribution is -0.231. The molecule has 1 aliphatic heterocycles. The van der Waals surface area contributed by atoms with Crippen molar-refractivity contribution in [3.05, 3.63) is 0 Å². The fourth-order valence-electron chi connectivity index (χ4n) is 1.38. The minimum absolute atomic E-state index is 0.179. The van der Waals surface area contributed by atoms with Crippen LogP contribution in [-0.4, -0.2) is 50.8 Å². The quantitative estimate of drug-likeness (QED) is 0.604. The molecule has 1 saturated heterocycles. The lowest BCUT2D eigenvalue weighted by Gasteiger charge is -2.30. The van der Waals surface area contributed by atoms with Crippen molar-refractivity contribution in [2.45, 2.75) is 12.1 Å². The van der Waals surface area contributed by atoms with Crippen LogP contribution in [0.3, 0.4) is 0 Å². The third-order valence-electron chi connectivity index (χ3n) is 2.17. The van der Waals surface area contributed by atoms with E-state index in [0.717, 1.165) is 5.06 Å². The second kappa shape index (κ2) is 4.45. The average Bonchev–Trinajstić information content (AvgIpc) is 2.71. The summed E-state index contributed by atoms with van der Waals surface area (Å²) in [5.41, 5.74) is -1.54. The molecule has 1 heterocycles. The summed E-state index contributed by atoms with van der Waals surface area (Å²) in [6.45, 7) is 0.179. The van der Waals surface area contributed by atoms with E-state index >= 15 is 0 Å². The van der Waals surface area contributed by atoms with Crippen molar-refractivity contribution in [3.8, 4) is 0 Å². The van der Waals surface area contributed by atoms with Gasteiger partial charge in [-0.25, -0.2) is 9.59 Å². The van der Waals surface area contributed by atoms with Gasteiger partial charge in [-0.1, -0.05) is 0 Å². The highest BCUT2D eigenvalue weighted by molar-refractivity contribution is 5.84. The van der Waals surface area contributed by atoms with E-state index in [1.165, 1.54) is 21.3 Å². The predicted octanol–water partition coefficient (Wildman–Crippen LogP) is -0.0942. The molecule has 0 aromatic carbocycles. The van der Waals surface area contributed by atoms with E-state index in [-0.39, 0.29) is 13.0 Å².